The van der Waals surface area contributed by atoms with E-state index < -0.39 is 0 Å². The Morgan fingerprint density at radius 3 is 2.62 bits per heavy atom. The van der Waals surface area contributed by atoms with Crippen LogP contribution in [0, 0.1) is 0 Å². The van der Waals surface area contributed by atoms with Gasteiger partial charge in [-0.15, -0.1) is 11.8 Å². The highest BCUT2D eigenvalue weighted by atomic mass is 79.9. The van der Waals surface area contributed by atoms with Crippen molar-refractivity contribution in [3.8, 4) is 5.69 Å². The molecule has 0 aliphatic carbocycles. The first-order chi connectivity index (χ1) is 12.6. The second kappa shape index (κ2) is 9.07. The van der Waals surface area contributed by atoms with Crippen LogP contribution >= 0.6 is 39.3 Å². The van der Waals surface area contributed by atoms with E-state index in [1.54, 1.807) is 18.3 Å². The van der Waals surface area contributed by atoms with Gasteiger partial charge in [-0.25, -0.2) is 5.43 Å². The van der Waals surface area contributed by atoms with Crippen molar-refractivity contribution in [2.45, 2.75) is 4.90 Å². The summed E-state index contributed by atoms with van der Waals surface area (Å²) in [4.78, 5) is 12.9. The summed E-state index contributed by atoms with van der Waals surface area (Å²) in [5.74, 6) is 0.120. The number of hydrogen-bond acceptors (Lipinski definition) is 3. The van der Waals surface area contributed by atoms with Gasteiger partial charge in [-0.05, 0) is 60.7 Å². The second-order valence-corrected chi connectivity index (χ2v) is 7.72. The normalized spacial score (nSPS) is 11.0. The maximum atomic E-state index is 11.9. The van der Waals surface area contributed by atoms with Gasteiger partial charge >= 0.3 is 0 Å². The number of carbonyl (C=O) groups is 1. The largest absolute Gasteiger partial charge is 0.316 e. The highest BCUT2D eigenvalue weighted by Crippen LogP contribution is 2.20. The Morgan fingerprint density at radius 2 is 1.88 bits per heavy atom. The van der Waals surface area contributed by atoms with Gasteiger partial charge in [0.05, 0.1) is 17.7 Å². The zero-order chi connectivity index (χ0) is 18.4. The quantitative estimate of drug-likeness (QED) is 0.322. The molecule has 0 unspecified atom stereocenters. The monoisotopic (exact) mass is 447 g/mol. The molecule has 0 saturated heterocycles. The Hall–Kier alpha value is -2.02. The van der Waals surface area contributed by atoms with Gasteiger partial charge in [0.2, 0.25) is 5.91 Å². The van der Waals surface area contributed by atoms with Crippen molar-refractivity contribution in [3.63, 3.8) is 0 Å². The van der Waals surface area contributed by atoms with Gasteiger partial charge in [-0.3, -0.25) is 4.79 Å². The Labute approximate surface area is 169 Å². The highest BCUT2D eigenvalue weighted by Gasteiger charge is 2.03. The molecule has 0 atom stereocenters. The molecule has 0 bridgehead atoms. The van der Waals surface area contributed by atoms with Gasteiger partial charge in [0.15, 0.2) is 0 Å². The summed E-state index contributed by atoms with van der Waals surface area (Å²) in [6.45, 7) is 0. The van der Waals surface area contributed by atoms with E-state index >= 15 is 0 Å². The van der Waals surface area contributed by atoms with E-state index in [9.17, 15) is 4.79 Å². The molecule has 0 radical (unpaired) electrons. The molecule has 4 nitrogen and oxygen atoms in total. The van der Waals surface area contributed by atoms with Crippen LogP contribution in [0.5, 0.6) is 0 Å². The molecular formula is C19H15BrClN3OS. The number of carbonyl (C=O) groups excluding carboxylic acids is 1. The Bertz CT molecular complexity index is 907. The molecule has 2 aromatic carbocycles. The molecule has 3 aromatic rings. The molecule has 26 heavy (non-hydrogen) atoms. The first kappa shape index (κ1) is 18.8. The molecule has 1 N–H and O–H groups in total. The average Bonchev–Trinajstić information content (AvgIpc) is 3.10. The van der Waals surface area contributed by atoms with Crippen LogP contribution in [-0.2, 0) is 4.79 Å². The number of aromatic nitrogens is 1. The zero-order valence-corrected chi connectivity index (χ0v) is 16.8. The number of hydrazone groups is 1. The van der Waals surface area contributed by atoms with Crippen molar-refractivity contribution in [2.75, 3.05) is 5.75 Å². The van der Waals surface area contributed by atoms with Crippen LogP contribution in [0.25, 0.3) is 5.69 Å². The third kappa shape index (κ3) is 5.24. The number of benzene rings is 2. The minimum Gasteiger partial charge on any atom is -0.316 e. The number of hydrogen-bond donors (Lipinski definition) is 1. The van der Waals surface area contributed by atoms with Gasteiger partial charge in [0.25, 0.3) is 0 Å². The topological polar surface area (TPSA) is 46.4 Å². The molecule has 0 spiro atoms. The van der Waals surface area contributed by atoms with E-state index in [2.05, 4.69) is 26.5 Å². The molecule has 0 saturated carbocycles. The van der Waals surface area contributed by atoms with Crippen LogP contribution in [0.3, 0.4) is 0 Å². The maximum absolute atomic E-state index is 11.9. The van der Waals surface area contributed by atoms with Crippen LogP contribution in [0.2, 0.25) is 5.02 Å². The second-order valence-electron chi connectivity index (χ2n) is 5.32. The Balaban J connectivity index is 1.55. The predicted octanol–water partition coefficient (Wildman–Crippen LogP) is 5.14. The summed E-state index contributed by atoms with van der Waals surface area (Å²) in [6.07, 6.45) is 3.58. The zero-order valence-electron chi connectivity index (χ0n) is 13.6. The van der Waals surface area contributed by atoms with Gasteiger partial charge in [-0.2, -0.15) is 5.10 Å². The lowest BCUT2D eigenvalue weighted by molar-refractivity contribution is -0.118. The molecular weight excluding hydrogens is 434 g/mol. The fourth-order valence-electron chi connectivity index (χ4n) is 2.22. The molecule has 3 rings (SSSR count). The first-order valence-corrected chi connectivity index (χ1v) is 9.91. The van der Waals surface area contributed by atoms with E-state index in [1.807, 2.05) is 59.3 Å². The number of rotatable bonds is 6. The van der Waals surface area contributed by atoms with Crippen LogP contribution in [0.15, 0.2) is 81.3 Å². The van der Waals surface area contributed by atoms with Crippen molar-refractivity contribution >= 4 is 51.4 Å². The number of thioether (sulfide) groups is 1. The van der Waals surface area contributed by atoms with E-state index in [4.69, 9.17) is 11.6 Å². The third-order valence-electron chi connectivity index (χ3n) is 3.45. The minimum atomic E-state index is -0.164. The summed E-state index contributed by atoms with van der Waals surface area (Å²) < 4.78 is 3.01. The van der Waals surface area contributed by atoms with Crippen molar-refractivity contribution in [2.24, 2.45) is 5.10 Å². The lowest BCUT2D eigenvalue weighted by atomic mass is 10.3. The maximum Gasteiger partial charge on any atom is 0.250 e. The molecule has 132 valence electrons. The smallest absolute Gasteiger partial charge is 0.250 e. The van der Waals surface area contributed by atoms with Crippen LogP contribution in [0.1, 0.15) is 5.69 Å². The molecule has 0 aliphatic heterocycles. The third-order valence-corrected chi connectivity index (χ3v) is 5.25. The summed E-state index contributed by atoms with van der Waals surface area (Å²) in [5.41, 5.74) is 4.44. The Morgan fingerprint density at radius 1 is 1.15 bits per heavy atom. The van der Waals surface area contributed by atoms with Gasteiger partial charge in [0.1, 0.15) is 0 Å². The molecule has 1 aromatic heterocycles. The number of halogens is 2. The van der Waals surface area contributed by atoms with Crippen molar-refractivity contribution in [3.05, 3.63) is 82.0 Å². The summed E-state index contributed by atoms with van der Waals surface area (Å²) in [7, 11) is 0. The first-order valence-electron chi connectivity index (χ1n) is 7.75. The van der Waals surface area contributed by atoms with E-state index in [-0.39, 0.29) is 11.7 Å². The van der Waals surface area contributed by atoms with Crippen LogP contribution in [-0.4, -0.2) is 22.4 Å². The lowest BCUT2D eigenvalue weighted by Gasteiger charge is -2.06. The van der Waals surface area contributed by atoms with E-state index in [0.29, 0.717) is 5.02 Å². The molecule has 1 amide bonds. The summed E-state index contributed by atoms with van der Waals surface area (Å²) in [5, 5.41) is 4.73. The molecule has 0 fully saturated rings. The van der Waals surface area contributed by atoms with Crippen molar-refractivity contribution < 1.29 is 4.79 Å². The number of nitrogens with zero attached hydrogens (tertiary/aromatic N) is 2. The summed E-state index contributed by atoms with van der Waals surface area (Å²) >= 11 is 10.7. The molecule has 1 heterocycles. The minimum absolute atomic E-state index is 0.164. The van der Waals surface area contributed by atoms with Crippen LogP contribution < -0.4 is 5.43 Å². The van der Waals surface area contributed by atoms with Crippen LogP contribution in [0.4, 0.5) is 0 Å². The van der Waals surface area contributed by atoms with Crippen molar-refractivity contribution in [1.82, 2.24) is 9.99 Å². The van der Waals surface area contributed by atoms with Crippen molar-refractivity contribution in [1.29, 1.82) is 0 Å². The number of nitrogens with one attached hydrogen (secondary N) is 1. The standard InChI is InChI=1S/C19H15BrClN3OS/c20-14-3-7-16(8-4-14)24-11-1-2-17(24)12-22-23-19(25)13-26-18-9-5-15(21)6-10-18/h1-12H,13H2,(H,23,25)/b22-12-. The molecule has 7 heteroatoms. The predicted molar refractivity (Wildman–Crippen MR) is 111 cm³/mol. The Kier molecular flexibility index (Phi) is 6.55. The van der Waals surface area contributed by atoms with E-state index in [1.165, 1.54) is 11.8 Å². The lowest BCUT2D eigenvalue weighted by Crippen LogP contribution is -2.19. The molecule has 0 aliphatic rings. The number of amides is 1. The SMILES string of the molecule is O=C(CSc1ccc(Cl)cc1)N/N=C\c1cccn1-c1ccc(Br)cc1. The van der Waals surface area contributed by atoms with E-state index in [0.717, 1.165) is 20.7 Å². The summed E-state index contributed by atoms with van der Waals surface area (Å²) in [6, 6.07) is 19.2. The fourth-order valence-corrected chi connectivity index (χ4v) is 3.30. The highest BCUT2D eigenvalue weighted by molar-refractivity contribution is 9.10. The van der Waals surface area contributed by atoms with Gasteiger partial charge < -0.3 is 4.57 Å². The van der Waals surface area contributed by atoms with Gasteiger partial charge in [-0.1, -0.05) is 27.5 Å². The fraction of sp³-hybridized carbons (Fsp3) is 0.0526. The average molecular weight is 449 g/mol. The van der Waals surface area contributed by atoms with Gasteiger partial charge in [0, 0.05) is 26.3 Å².